The number of carbonyl (C=O) groups excluding carboxylic acids is 1. The summed E-state index contributed by atoms with van der Waals surface area (Å²) in [6.45, 7) is 1.98. The Morgan fingerprint density at radius 3 is 2.55 bits per heavy atom. The van der Waals surface area contributed by atoms with Crippen LogP contribution in [0.3, 0.4) is 0 Å². The molecule has 1 aromatic heterocycles. The van der Waals surface area contributed by atoms with Crippen LogP contribution in [0.1, 0.15) is 30.7 Å². The van der Waals surface area contributed by atoms with Crippen molar-refractivity contribution < 1.29 is 4.79 Å². The maximum absolute atomic E-state index is 12.4. The van der Waals surface area contributed by atoms with Crippen molar-refractivity contribution in [2.75, 3.05) is 5.32 Å². The van der Waals surface area contributed by atoms with Crippen LogP contribution in [0.25, 0.3) is 11.3 Å². The number of thiazole rings is 1. The first-order valence-electron chi connectivity index (χ1n) is 7.38. The molecule has 0 unspecified atom stereocenters. The second kappa shape index (κ2) is 5.90. The van der Waals surface area contributed by atoms with Gasteiger partial charge in [-0.3, -0.25) is 4.79 Å². The highest BCUT2D eigenvalue weighted by Gasteiger charge is 2.41. The van der Waals surface area contributed by atoms with Gasteiger partial charge in [0.05, 0.1) is 16.8 Å². The minimum Gasteiger partial charge on any atom is -0.325 e. The molecule has 0 bridgehead atoms. The van der Waals surface area contributed by atoms with E-state index in [9.17, 15) is 10.1 Å². The van der Waals surface area contributed by atoms with Crippen LogP contribution in [0.5, 0.6) is 0 Å². The van der Waals surface area contributed by atoms with Gasteiger partial charge < -0.3 is 5.32 Å². The summed E-state index contributed by atoms with van der Waals surface area (Å²) in [5.74, 6) is -0.176. The topological polar surface area (TPSA) is 65.8 Å². The number of nitriles is 1. The Morgan fingerprint density at radius 2 is 2.00 bits per heavy atom. The predicted molar refractivity (Wildman–Crippen MR) is 87.4 cm³/mol. The van der Waals surface area contributed by atoms with Crippen molar-refractivity contribution in [1.29, 1.82) is 5.26 Å². The standard InChI is InChI=1S/C17H17N3OS/c1-12-19-15(10-22-12)13-4-6-14(7-5-13)20-16(21)17(11-18)8-2-3-9-17/h4-7,10H,2-3,8-9H2,1H3,(H,20,21). The lowest BCUT2D eigenvalue weighted by Gasteiger charge is -2.19. The zero-order valence-corrected chi connectivity index (χ0v) is 13.2. The molecule has 4 nitrogen and oxygen atoms in total. The van der Waals surface area contributed by atoms with Crippen molar-refractivity contribution in [2.45, 2.75) is 32.6 Å². The third-order valence-corrected chi connectivity index (χ3v) is 4.94. The molecule has 1 N–H and O–H groups in total. The summed E-state index contributed by atoms with van der Waals surface area (Å²) in [5.41, 5.74) is 1.86. The van der Waals surface area contributed by atoms with Gasteiger partial charge in [0, 0.05) is 16.6 Å². The van der Waals surface area contributed by atoms with E-state index in [1.807, 2.05) is 36.6 Å². The first-order chi connectivity index (χ1) is 10.6. The average molecular weight is 311 g/mol. The van der Waals surface area contributed by atoms with E-state index in [0.29, 0.717) is 12.8 Å². The van der Waals surface area contributed by atoms with Crippen LogP contribution >= 0.6 is 11.3 Å². The second-order valence-electron chi connectivity index (χ2n) is 5.68. The van der Waals surface area contributed by atoms with Gasteiger partial charge in [0.15, 0.2) is 0 Å². The summed E-state index contributed by atoms with van der Waals surface area (Å²) >= 11 is 1.62. The minimum absolute atomic E-state index is 0.176. The van der Waals surface area contributed by atoms with Crippen molar-refractivity contribution in [1.82, 2.24) is 4.98 Å². The van der Waals surface area contributed by atoms with Gasteiger partial charge in [0.2, 0.25) is 5.91 Å². The van der Waals surface area contributed by atoms with Gasteiger partial charge in [-0.2, -0.15) is 5.26 Å². The molecule has 1 aliphatic rings. The maximum Gasteiger partial charge on any atom is 0.244 e. The summed E-state index contributed by atoms with van der Waals surface area (Å²) in [6, 6.07) is 9.83. The summed E-state index contributed by atoms with van der Waals surface area (Å²) in [7, 11) is 0. The number of carbonyl (C=O) groups is 1. The zero-order chi connectivity index (χ0) is 15.6. The molecule has 22 heavy (non-hydrogen) atoms. The number of amides is 1. The Balaban J connectivity index is 1.74. The van der Waals surface area contributed by atoms with Crippen molar-refractivity contribution in [2.24, 2.45) is 5.41 Å². The summed E-state index contributed by atoms with van der Waals surface area (Å²) in [6.07, 6.45) is 3.21. The summed E-state index contributed by atoms with van der Waals surface area (Å²) < 4.78 is 0. The molecule has 1 heterocycles. The number of benzene rings is 1. The highest BCUT2D eigenvalue weighted by molar-refractivity contribution is 7.09. The summed E-state index contributed by atoms with van der Waals surface area (Å²) in [4.78, 5) is 16.8. The number of anilines is 1. The number of hydrogen-bond donors (Lipinski definition) is 1. The maximum atomic E-state index is 12.4. The van der Waals surface area contributed by atoms with E-state index in [1.54, 1.807) is 11.3 Å². The molecule has 1 aromatic carbocycles. The largest absolute Gasteiger partial charge is 0.325 e. The van der Waals surface area contributed by atoms with Crippen molar-refractivity contribution in [3.8, 4) is 17.3 Å². The van der Waals surface area contributed by atoms with Crippen molar-refractivity contribution in [3.63, 3.8) is 0 Å². The Kier molecular flexibility index (Phi) is 3.95. The fourth-order valence-corrected chi connectivity index (χ4v) is 3.46. The van der Waals surface area contributed by atoms with Crippen LogP contribution in [-0.4, -0.2) is 10.9 Å². The normalized spacial score (nSPS) is 16.2. The lowest BCUT2D eigenvalue weighted by atomic mass is 9.87. The third kappa shape index (κ3) is 2.75. The molecule has 0 atom stereocenters. The number of nitrogens with zero attached hydrogens (tertiary/aromatic N) is 2. The average Bonchev–Trinajstić information content (AvgIpc) is 3.17. The van der Waals surface area contributed by atoms with Gasteiger partial charge >= 0.3 is 0 Å². The molecule has 0 spiro atoms. The van der Waals surface area contributed by atoms with Gasteiger partial charge in [-0.05, 0) is 31.9 Å². The number of aryl methyl sites for hydroxylation is 1. The van der Waals surface area contributed by atoms with Crippen molar-refractivity contribution in [3.05, 3.63) is 34.7 Å². The van der Waals surface area contributed by atoms with Crippen LogP contribution in [0.15, 0.2) is 29.6 Å². The molecule has 2 aromatic rings. The van der Waals surface area contributed by atoms with Gasteiger partial charge in [-0.1, -0.05) is 25.0 Å². The highest BCUT2D eigenvalue weighted by atomic mass is 32.1. The van der Waals surface area contributed by atoms with E-state index in [2.05, 4.69) is 16.4 Å². The Hall–Kier alpha value is -2.19. The monoisotopic (exact) mass is 311 g/mol. The minimum atomic E-state index is -0.843. The number of aromatic nitrogens is 1. The Labute approximate surface area is 133 Å². The molecule has 0 radical (unpaired) electrons. The molecule has 1 saturated carbocycles. The van der Waals surface area contributed by atoms with Crippen LogP contribution < -0.4 is 5.32 Å². The number of rotatable bonds is 3. The first-order valence-corrected chi connectivity index (χ1v) is 8.26. The smallest absolute Gasteiger partial charge is 0.244 e. The van der Waals surface area contributed by atoms with E-state index in [4.69, 9.17) is 0 Å². The van der Waals surface area contributed by atoms with E-state index in [0.717, 1.165) is 34.8 Å². The lowest BCUT2D eigenvalue weighted by molar-refractivity contribution is -0.122. The molecule has 112 valence electrons. The van der Waals surface area contributed by atoms with Gasteiger partial charge in [-0.25, -0.2) is 4.98 Å². The molecule has 3 rings (SSSR count). The Bertz CT molecular complexity index is 721. The second-order valence-corrected chi connectivity index (χ2v) is 6.75. The third-order valence-electron chi connectivity index (χ3n) is 4.16. The predicted octanol–water partition coefficient (Wildman–Crippen LogP) is 4.14. The number of hydrogen-bond acceptors (Lipinski definition) is 4. The van der Waals surface area contributed by atoms with Crippen LogP contribution in [0, 0.1) is 23.7 Å². The fraction of sp³-hybridized carbons (Fsp3) is 0.353. The van der Waals surface area contributed by atoms with Gasteiger partial charge in [0.25, 0.3) is 0 Å². The van der Waals surface area contributed by atoms with E-state index in [1.165, 1.54) is 0 Å². The molecule has 5 heteroatoms. The van der Waals surface area contributed by atoms with E-state index < -0.39 is 5.41 Å². The number of nitrogens with one attached hydrogen (secondary N) is 1. The first kappa shape index (κ1) is 14.7. The fourth-order valence-electron chi connectivity index (χ4n) is 2.84. The molecule has 1 aliphatic carbocycles. The molecule has 0 aliphatic heterocycles. The quantitative estimate of drug-likeness (QED) is 0.926. The molecule has 0 saturated heterocycles. The molecule has 1 amide bonds. The highest BCUT2D eigenvalue weighted by Crippen LogP contribution is 2.38. The molecular weight excluding hydrogens is 294 g/mol. The molecule has 1 fully saturated rings. The van der Waals surface area contributed by atoms with Gasteiger partial charge in [-0.15, -0.1) is 11.3 Å². The summed E-state index contributed by atoms with van der Waals surface area (Å²) in [5, 5.41) is 15.3. The Morgan fingerprint density at radius 1 is 1.32 bits per heavy atom. The van der Waals surface area contributed by atoms with Crippen LogP contribution in [0.2, 0.25) is 0 Å². The van der Waals surface area contributed by atoms with E-state index >= 15 is 0 Å². The SMILES string of the molecule is Cc1nc(-c2ccc(NC(=O)C3(C#N)CCCC3)cc2)cs1. The lowest BCUT2D eigenvalue weighted by Crippen LogP contribution is -2.32. The molecular formula is C17H17N3OS. The van der Waals surface area contributed by atoms with E-state index in [-0.39, 0.29) is 5.91 Å². The zero-order valence-electron chi connectivity index (χ0n) is 12.4. The van der Waals surface area contributed by atoms with Crippen LogP contribution in [-0.2, 0) is 4.79 Å². The van der Waals surface area contributed by atoms with Crippen LogP contribution in [0.4, 0.5) is 5.69 Å². The van der Waals surface area contributed by atoms with Gasteiger partial charge in [0.1, 0.15) is 5.41 Å². The van der Waals surface area contributed by atoms with Crippen molar-refractivity contribution >= 4 is 22.9 Å².